The molecule has 1 aromatic carbocycles. The lowest BCUT2D eigenvalue weighted by Gasteiger charge is -2.20. The summed E-state index contributed by atoms with van der Waals surface area (Å²) in [6.07, 6.45) is 0. The molecule has 2 N–H and O–H groups in total. The molecule has 0 aliphatic heterocycles. The molecular formula is C12H16Cl2N2O. The number of hydrogen-bond donors (Lipinski definition) is 2. The van der Waals surface area contributed by atoms with Gasteiger partial charge in [0.25, 0.3) is 0 Å². The van der Waals surface area contributed by atoms with E-state index in [9.17, 15) is 4.79 Å². The average Bonchev–Trinajstić information content (AvgIpc) is 2.27. The monoisotopic (exact) mass is 274 g/mol. The third-order valence-electron chi connectivity index (χ3n) is 2.57. The predicted octanol–water partition coefficient (Wildman–Crippen LogP) is 2.78. The maximum atomic E-state index is 11.4. The zero-order valence-corrected chi connectivity index (χ0v) is 11.6. The predicted molar refractivity (Wildman–Crippen MR) is 71.5 cm³/mol. The molecule has 0 unspecified atom stereocenters. The second kappa shape index (κ2) is 6.24. The van der Waals surface area contributed by atoms with Crippen molar-refractivity contribution >= 4 is 29.1 Å². The van der Waals surface area contributed by atoms with Crippen molar-refractivity contribution in [3.63, 3.8) is 0 Å². The lowest BCUT2D eigenvalue weighted by molar-refractivity contribution is -0.122. The Labute approximate surface area is 111 Å². The van der Waals surface area contributed by atoms with Crippen LogP contribution in [0.5, 0.6) is 0 Å². The van der Waals surface area contributed by atoms with E-state index >= 15 is 0 Å². The summed E-state index contributed by atoms with van der Waals surface area (Å²) < 4.78 is 0. The summed E-state index contributed by atoms with van der Waals surface area (Å²) in [5, 5.41) is 6.96. The van der Waals surface area contributed by atoms with E-state index in [4.69, 9.17) is 23.2 Å². The van der Waals surface area contributed by atoms with Crippen LogP contribution in [0.25, 0.3) is 0 Å². The van der Waals surface area contributed by atoms with Crippen LogP contribution in [0.1, 0.15) is 25.5 Å². The Hall–Kier alpha value is -0.770. The summed E-state index contributed by atoms with van der Waals surface area (Å²) in [6.45, 7) is 3.76. The molecule has 0 radical (unpaired) electrons. The molecule has 0 aromatic heterocycles. The van der Waals surface area contributed by atoms with Crippen LogP contribution >= 0.6 is 23.2 Å². The van der Waals surface area contributed by atoms with Gasteiger partial charge in [0.05, 0.1) is 6.04 Å². The van der Waals surface area contributed by atoms with Crippen molar-refractivity contribution in [3.05, 3.63) is 33.8 Å². The quantitative estimate of drug-likeness (QED) is 0.887. The van der Waals surface area contributed by atoms with Crippen LogP contribution in [-0.4, -0.2) is 19.0 Å². The van der Waals surface area contributed by atoms with Crippen molar-refractivity contribution in [2.24, 2.45) is 0 Å². The maximum absolute atomic E-state index is 11.4. The highest BCUT2D eigenvalue weighted by Crippen LogP contribution is 2.26. The zero-order chi connectivity index (χ0) is 13.0. The number of benzene rings is 1. The van der Waals surface area contributed by atoms with Crippen molar-refractivity contribution in [2.75, 3.05) is 7.05 Å². The molecule has 3 nitrogen and oxygen atoms in total. The van der Waals surface area contributed by atoms with E-state index < -0.39 is 0 Å². The second-order valence-electron chi connectivity index (χ2n) is 3.89. The second-order valence-corrected chi connectivity index (χ2v) is 4.73. The number of halogens is 2. The minimum Gasteiger partial charge on any atom is -0.358 e. The first-order valence-electron chi connectivity index (χ1n) is 5.38. The molecule has 1 aromatic rings. The molecule has 0 spiro atoms. The van der Waals surface area contributed by atoms with Gasteiger partial charge in [0, 0.05) is 23.1 Å². The van der Waals surface area contributed by atoms with E-state index in [0.29, 0.717) is 10.0 Å². The Morgan fingerprint density at radius 1 is 1.29 bits per heavy atom. The van der Waals surface area contributed by atoms with Gasteiger partial charge in [0.1, 0.15) is 0 Å². The van der Waals surface area contributed by atoms with Crippen LogP contribution in [0, 0.1) is 0 Å². The molecule has 0 aliphatic rings. The van der Waals surface area contributed by atoms with Gasteiger partial charge in [-0.2, -0.15) is 0 Å². The molecule has 1 amide bonds. The van der Waals surface area contributed by atoms with Gasteiger partial charge in [0.2, 0.25) is 5.91 Å². The van der Waals surface area contributed by atoms with Crippen LogP contribution in [0.15, 0.2) is 18.2 Å². The highest BCUT2D eigenvalue weighted by atomic mass is 35.5. The molecule has 5 heteroatoms. The minimum absolute atomic E-state index is 0.0212. The minimum atomic E-state index is -0.276. The van der Waals surface area contributed by atoms with Crippen molar-refractivity contribution in [1.82, 2.24) is 10.6 Å². The van der Waals surface area contributed by atoms with Gasteiger partial charge >= 0.3 is 0 Å². The van der Waals surface area contributed by atoms with Crippen LogP contribution in [0.2, 0.25) is 10.0 Å². The van der Waals surface area contributed by atoms with Crippen molar-refractivity contribution in [2.45, 2.75) is 25.9 Å². The topological polar surface area (TPSA) is 41.1 Å². The van der Waals surface area contributed by atoms with Gasteiger partial charge in [-0.3, -0.25) is 10.1 Å². The number of amides is 1. The molecule has 0 saturated carbocycles. The lowest BCUT2D eigenvalue weighted by Crippen LogP contribution is -2.41. The number of carbonyl (C=O) groups is 1. The Kier molecular flexibility index (Phi) is 5.25. The molecule has 2 atom stereocenters. The van der Waals surface area contributed by atoms with Crippen molar-refractivity contribution < 1.29 is 4.79 Å². The van der Waals surface area contributed by atoms with Crippen LogP contribution < -0.4 is 10.6 Å². The third-order valence-corrected chi connectivity index (χ3v) is 3.13. The van der Waals surface area contributed by atoms with Crippen LogP contribution in [0.3, 0.4) is 0 Å². The van der Waals surface area contributed by atoms with E-state index in [1.165, 1.54) is 0 Å². The Balaban J connectivity index is 2.76. The van der Waals surface area contributed by atoms with Gasteiger partial charge in [-0.15, -0.1) is 0 Å². The summed E-state index contributed by atoms with van der Waals surface area (Å²) in [5.74, 6) is -0.0538. The third kappa shape index (κ3) is 3.87. The molecular weight excluding hydrogens is 259 g/mol. The van der Waals surface area contributed by atoms with Crippen LogP contribution in [-0.2, 0) is 4.79 Å². The fraction of sp³-hybridized carbons (Fsp3) is 0.417. The normalized spacial score (nSPS) is 14.2. The summed E-state index contributed by atoms with van der Waals surface area (Å²) >= 11 is 11.9. The molecule has 0 saturated heterocycles. The largest absolute Gasteiger partial charge is 0.358 e. The number of rotatable bonds is 4. The number of likely N-dealkylation sites (N-methyl/N-ethyl adjacent to an activating group) is 1. The Bertz CT molecular complexity index is 409. The van der Waals surface area contributed by atoms with Gasteiger partial charge in [-0.1, -0.05) is 29.3 Å². The van der Waals surface area contributed by atoms with Gasteiger partial charge < -0.3 is 5.32 Å². The van der Waals surface area contributed by atoms with E-state index in [0.717, 1.165) is 5.56 Å². The standard InChI is InChI=1S/C12H16Cl2N2O/c1-7(16-8(2)12(17)15-3)10-5-4-9(13)6-11(10)14/h4-8,16H,1-3H3,(H,15,17)/t7-,8+/m0/s1. The molecule has 1 rings (SSSR count). The van der Waals surface area contributed by atoms with Crippen molar-refractivity contribution in [1.29, 1.82) is 0 Å². The molecule has 0 heterocycles. The summed E-state index contributed by atoms with van der Waals surface area (Å²) in [6, 6.07) is 5.04. The molecule has 0 bridgehead atoms. The number of nitrogens with one attached hydrogen (secondary N) is 2. The Morgan fingerprint density at radius 2 is 1.94 bits per heavy atom. The van der Waals surface area contributed by atoms with E-state index in [1.54, 1.807) is 26.1 Å². The fourth-order valence-corrected chi connectivity index (χ4v) is 2.18. The molecule has 0 aliphatic carbocycles. The number of hydrogen-bond acceptors (Lipinski definition) is 2. The first-order valence-corrected chi connectivity index (χ1v) is 6.14. The van der Waals surface area contributed by atoms with E-state index in [2.05, 4.69) is 10.6 Å². The fourth-order valence-electron chi connectivity index (χ4n) is 1.61. The summed E-state index contributed by atoms with van der Waals surface area (Å²) in [5.41, 5.74) is 0.923. The highest BCUT2D eigenvalue weighted by Gasteiger charge is 2.16. The van der Waals surface area contributed by atoms with Gasteiger partial charge in [-0.25, -0.2) is 0 Å². The van der Waals surface area contributed by atoms with Gasteiger partial charge in [-0.05, 0) is 31.5 Å². The maximum Gasteiger partial charge on any atom is 0.236 e. The lowest BCUT2D eigenvalue weighted by atomic mass is 10.1. The molecule has 94 valence electrons. The SMILES string of the molecule is CNC(=O)[C@@H](C)N[C@@H](C)c1ccc(Cl)cc1Cl. The van der Waals surface area contributed by atoms with E-state index in [1.807, 2.05) is 13.0 Å². The smallest absolute Gasteiger partial charge is 0.236 e. The van der Waals surface area contributed by atoms with E-state index in [-0.39, 0.29) is 18.0 Å². The number of carbonyl (C=O) groups excluding carboxylic acids is 1. The molecule has 0 fully saturated rings. The molecule has 17 heavy (non-hydrogen) atoms. The first kappa shape index (κ1) is 14.3. The van der Waals surface area contributed by atoms with Crippen molar-refractivity contribution in [3.8, 4) is 0 Å². The summed E-state index contributed by atoms with van der Waals surface area (Å²) in [4.78, 5) is 11.4. The Morgan fingerprint density at radius 3 is 2.47 bits per heavy atom. The summed E-state index contributed by atoms with van der Waals surface area (Å²) in [7, 11) is 1.61. The highest BCUT2D eigenvalue weighted by molar-refractivity contribution is 6.35. The first-order chi connectivity index (χ1) is 7.95. The van der Waals surface area contributed by atoms with Gasteiger partial charge in [0.15, 0.2) is 0 Å². The van der Waals surface area contributed by atoms with Crippen LogP contribution in [0.4, 0.5) is 0 Å². The zero-order valence-electron chi connectivity index (χ0n) is 10.1. The average molecular weight is 275 g/mol.